The molecule has 1 aliphatic carbocycles. The molecular formula is C19H21BrO. The van der Waals surface area contributed by atoms with Crippen molar-refractivity contribution < 1.29 is 5.11 Å². The van der Waals surface area contributed by atoms with Crippen LogP contribution in [-0.2, 0) is 19.3 Å². The molecule has 0 saturated carbocycles. The fourth-order valence-electron chi connectivity index (χ4n) is 3.51. The zero-order valence-corrected chi connectivity index (χ0v) is 14.2. The largest absolute Gasteiger partial charge is 0.389 e. The first-order chi connectivity index (χ1) is 9.93. The number of aryl methyl sites for hydroxylation is 3. The Bertz CT molecular complexity index is 657. The molecular weight excluding hydrogens is 324 g/mol. The van der Waals surface area contributed by atoms with Gasteiger partial charge in [0.1, 0.15) is 0 Å². The number of fused-ring (bicyclic) bond motifs is 1. The van der Waals surface area contributed by atoms with E-state index in [1.807, 2.05) is 0 Å². The fraction of sp³-hybridized carbons (Fsp3) is 0.368. The third-order valence-electron chi connectivity index (χ3n) is 4.36. The molecule has 1 atom stereocenters. The molecule has 0 spiro atoms. The van der Waals surface area contributed by atoms with Crippen LogP contribution in [0.1, 0.15) is 34.2 Å². The second-order valence-corrected chi connectivity index (χ2v) is 7.40. The molecule has 0 fully saturated rings. The maximum atomic E-state index is 11.0. The monoisotopic (exact) mass is 344 g/mol. The quantitative estimate of drug-likeness (QED) is 0.848. The van der Waals surface area contributed by atoms with Gasteiger partial charge in [-0.1, -0.05) is 51.3 Å². The van der Waals surface area contributed by atoms with E-state index >= 15 is 0 Å². The third-order valence-corrected chi connectivity index (χ3v) is 4.86. The summed E-state index contributed by atoms with van der Waals surface area (Å²) in [5, 5.41) is 11.0. The number of rotatable bonds is 2. The normalized spacial score (nSPS) is 21.1. The van der Waals surface area contributed by atoms with Gasteiger partial charge in [-0.2, -0.15) is 0 Å². The number of benzene rings is 2. The maximum absolute atomic E-state index is 11.0. The van der Waals surface area contributed by atoms with Gasteiger partial charge in [-0.05, 0) is 55.5 Å². The Morgan fingerprint density at radius 1 is 1.05 bits per heavy atom. The van der Waals surface area contributed by atoms with Crippen LogP contribution >= 0.6 is 15.9 Å². The Morgan fingerprint density at radius 3 is 2.48 bits per heavy atom. The highest BCUT2D eigenvalue weighted by molar-refractivity contribution is 9.10. The second-order valence-electron chi connectivity index (χ2n) is 6.49. The van der Waals surface area contributed by atoms with Gasteiger partial charge >= 0.3 is 0 Å². The van der Waals surface area contributed by atoms with Gasteiger partial charge in [0.2, 0.25) is 0 Å². The molecule has 1 nitrogen and oxygen atoms in total. The van der Waals surface area contributed by atoms with Gasteiger partial charge in [-0.15, -0.1) is 0 Å². The summed E-state index contributed by atoms with van der Waals surface area (Å²) < 4.78 is 1.13. The highest BCUT2D eigenvalue weighted by Gasteiger charge is 2.32. The summed E-state index contributed by atoms with van der Waals surface area (Å²) in [6, 6.07) is 13.0. The fourth-order valence-corrected chi connectivity index (χ4v) is 3.92. The molecule has 0 radical (unpaired) electrons. The molecule has 0 saturated heterocycles. The summed E-state index contributed by atoms with van der Waals surface area (Å²) in [6.07, 6.45) is 3.28. The van der Waals surface area contributed by atoms with Crippen LogP contribution in [0.25, 0.3) is 0 Å². The van der Waals surface area contributed by atoms with E-state index in [9.17, 15) is 5.11 Å². The van der Waals surface area contributed by atoms with Crippen molar-refractivity contribution in [3.63, 3.8) is 0 Å². The SMILES string of the molecule is Cc1cc(C)cc(CC2(O)CCc3cc(Br)ccc3C2)c1. The van der Waals surface area contributed by atoms with Crippen molar-refractivity contribution in [2.45, 2.75) is 45.1 Å². The summed E-state index contributed by atoms with van der Waals surface area (Å²) in [6.45, 7) is 4.24. The van der Waals surface area contributed by atoms with E-state index in [1.54, 1.807) is 0 Å². The van der Waals surface area contributed by atoms with Gasteiger partial charge in [0.15, 0.2) is 0 Å². The number of hydrogen-bond donors (Lipinski definition) is 1. The summed E-state index contributed by atoms with van der Waals surface area (Å²) in [5.74, 6) is 0. The van der Waals surface area contributed by atoms with Crippen molar-refractivity contribution in [3.8, 4) is 0 Å². The van der Waals surface area contributed by atoms with E-state index in [2.05, 4.69) is 66.2 Å². The van der Waals surface area contributed by atoms with Crippen molar-refractivity contribution in [2.75, 3.05) is 0 Å². The van der Waals surface area contributed by atoms with E-state index < -0.39 is 5.60 Å². The van der Waals surface area contributed by atoms with Crippen molar-refractivity contribution in [1.82, 2.24) is 0 Å². The predicted molar refractivity (Wildman–Crippen MR) is 90.7 cm³/mol. The average molecular weight is 345 g/mol. The van der Waals surface area contributed by atoms with Crippen LogP contribution in [0.5, 0.6) is 0 Å². The van der Waals surface area contributed by atoms with Crippen LogP contribution in [-0.4, -0.2) is 10.7 Å². The second kappa shape index (κ2) is 5.58. The van der Waals surface area contributed by atoms with Crippen LogP contribution in [0.3, 0.4) is 0 Å². The first-order valence-electron chi connectivity index (χ1n) is 7.50. The van der Waals surface area contributed by atoms with Crippen molar-refractivity contribution in [1.29, 1.82) is 0 Å². The predicted octanol–water partition coefficient (Wildman–Crippen LogP) is 4.53. The molecule has 1 aliphatic rings. The van der Waals surface area contributed by atoms with Crippen molar-refractivity contribution in [2.24, 2.45) is 0 Å². The lowest BCUT2D eigenvalue weighted by Gasteiger charge is -2.34. The molecule has 2 aromatic carbocycles. The van der Waals surface area contributed by atoms with Crippen LogP contribution < -0.4 is 0 Å². The minimum absolute atomic E-state index is 0.610. The van der Waals surface area contributed by atoms with Crippen LogP contribution in [0.15, 0.2) is 40.9 Å². The number of halogens is 1. The molecule has 3 rings (SSSR count). The molecule has 0 aromatic heterocycles. The standard InChI is InChI=1S/C19H21BrO/c1-13-7-14(2)9-15(8-13)11-19(21)6-5-16-10-18(20)4-3-17(16)12-19/h3-4,7-10,21H,5-6,11-12H2,1-2H3. The van der Waals surface area contributed by atoms with Gasteiger partial charge in [0.25, 0.3) is 0 Å². The van der Waals surface area contributed by atoms with E-state index in [0.29, 0.717) is 0 Å². The van der Waals surface area contributed by atoms with Gasteiger partial charge in [-0.3, -0.25) is 0 Å². The van der Waals surface area contributed by atoms with Gasteiger partial charge in [-0.25, -0.2) is 0 Å². The summed E-state index contributed by atoms with van der Waals surface area (Å²) in [7, 11) is 0. The molecule has 0 aliphatic heterocycles. The minimum Gasteiger partial charge on any atom is -0.389 e. The van der Waals surface area contributed by atoms with E-state index in [-0.39, 0.29) is 0 Å². The Morgan fingerprint density at radius 2 is 1.76 bits per heavy atom. The van der Waals surface area contributed by atoms with Gasteiger partial charge in [0.05, 0.1) is 5.60 Å². The van der Waals surface area contributed by atoms with Crippen LogP contribution in [0, 0.1) is 13.8 Å². The summed E-state index contributed by atoms with van der Waals surface area (Å²) >= 11 is 3.53. The zero-order chi connectivity index (χ0) is 15.0. The zero-order valence-electron chi connectivity index (χ0n) is 12.6. The lowest BCUT2D eigenvalue weighted by atomic mass is 9.77. The molecule has 1 unspecified atom stereocenters. The highest BCUT2D eigenvalue weighted by atomic mass is 79.9. The topological polar surface area (TPSA) is 20.2 Å². The first kappa shape index (κ1) is 14.8. The number of aliphatic hydroxyl groups is 1. The molecule has 2 heteroatoms. The van der Waals surface area contributed by atoms with Gasteiger partial charge < -0.3 is 5.11 Å². The summed E-state index contributed by atoms with van der Waals surface area (Å²) in [4.78, 5) is 0. The Kier molecular flexibility index (Phi) is 3.94. The Balaban J connectivity index is 1.84. The molecule has 0 heterocycles. The third kappa shape index (κ3) is 3.38. The van der Waals surface area contributed by atoms with Crippen LogP contribution in [0.4, 0.5) is 0 Å². The Labute approximate surface area is 135 Å². The first-order valence-corrected chi connectivity index (χ1v) is 8.30. The summed E-state index contributed by atoms with van der Waals surface area (Å²) in [5.41, 5.74) is 5.84. The maximum Gasteiger partial charge on any atom is 0.0731 e. The average Bonchev–Trinajstić information content (AvgIpc) is 2.37. The lowest BCUT2D eigenvalue weighted by Crippen LogP contribution is -2.38. The lowest BCUT2D eigenvalue weighted by molar-refractivity contribution is 0.0267. The highest BCUT2D eigenvalue weighted by Crippen LogP contribution is 2.33. The Hall–Kier alpha value is -1.12. The van der Waals surface area contributed by atoms with E-state index in [1.165, 1.54) is 27.8 Å². The molecule has 110 valence electrons. The van der Waals surface area contributed by atoms with E-state index in [0.717, 1.165) is 30.2 Å². The molecule has 1 N–H and O–H groups in total. The van der Waals surface area contributed by atoms with Crippen molar-refractivity contribution >= 4 is 15.9 Å². The molecule has 0 amide bonds. The van der Waals surface area contributed by atoms with E-state index in [4.69, 9.17) is 0 Å². The number of hydrogen-bond acceptors (Lipinski definition) is 1. The minimum atomic E-state index is -0.610. The molecule has 0 bridgehead atoms. The molecule has 2 aromatic rings. The van der Waals surface area contributed by atoms with Crippen molar-refractivity contribution in [3.05, 3.63) is 68.7 Å². The van der Waals surface area contributed by atoms with Crippen LogP contribution in [0.2, 0.25) is 0 Å². The molecule has 21 heavy (non-hydrogen) atoms. The smallest absolute Gasteiger partial charge is 0.0731 e. The van der Waals surface area contributed by atoms with Gasteiger partial charge in [0, 0.05) is 17.3 Å².